The highest BCUT2D eigenvalue weighted by Gasteiger charge is 2.19. The van der Waals surface area contributed by atoms with E-state index >= 15 is 0 Å². The average Bonchev–Trinajstić information content (AvgIpc) is 2.37. The molecule has 1 aliphatic rings. The van der Waals surface area contributed by atoms with Gasteiger partial charge in [-0.1, -0.05) is 36.8 Å². The molecule has 20 heavy (non-hydrogen) atoms. The van der Waals surface area contributed by atoms with Gasteiger partial charge in [0, 0.05) is 12.8 Å². The number of nitrogens with zero attached hydrogens (tertiary/aromatic N) is 1. The molecular formula is C16H18N2OS. The van der Waals surface area contributed by atoms with Crippen LogP contribution in [-0.4, -0.2) is 17.1 Å². The van der Waals surface area contributed by atoms with Crippen molar-refractivity contribution in [1.82, 2.24) is 9.97 Å². The van der Waals surface area contributed by atoms with Gasteiger partial charge >= 0.3 is 0 Å². The number of H-pyrrole nitrogens is 1. The van der Waals surface area contributed by atoms with E-state index < -0.39 is 0 Å². The summed E-state index contributed by atoms with van der Waals surface area (Å²) in [6, 6.07) is 10.6. The van der Waals surface area contributed by atoms with Crippen molar-refractivity contribution in [2.24, 2.45) is 0 Å². The summed E-state index contributed by atoms with van der Waals surface area (Å²) in [5.41, 5.74) is 3.61. The van der Waals surface area contributed by atoms with Gasteiger partial charge in [0.2, 0.25) is 0 Å². The summed E-state index contributed by atoms with van der Waals surface area (Å²) in [6.45, 7) is 0.444. The van der Waals surface area contributed by atoms with Gasteiger partial charge in [-0.2, -0.15) is 0 Å². The van der Waals surface area contributed by atoms with Gasteiger partial charge in [-0.3, -0.25) is 0 Å². The third kappa shape index (κ3) is 2.81. The van der Waals surface area contributed by atoms with Crippen molar-refractivity contribution in [3.63, 3.8) is 0 Å². The Kier molecular flexibility index (Phi) is 3.94. The van der Waals surface area contributed by atoms with Crippen molar-refractivity contribution in [2.75, 3.05) is 7.11 Å². The van der Waals surface area contributed by atoms with E-state index in [-0.39, 0.29) is 0 Å². The number of aromatic nitrogens is 2. The van der Waals surface area contributed by atoms with Crippen LogP contribution in [0.15, 0.2) is 30.3 Å². The number of rotatable bonds is 4. The number of hydrogen-bond acceptors (Lipinski definition) is 3. The van der Waals surface area contributed by atoms with E-state index in [1.54, 1.807) is 7.11 Å². The van der Waals surface area contributed by atoms with Gasteiger partial charge in [-0.25, -0.2) is 4.98 Å². The Balaban J connectivity index is 1.97. The lowest BCUT2D eigenvalue weighted by molar-refractivity contribution is 0.177. The van der Waals surface area contributed by atoms with E-state index in [0.717, 1.165) is 17.4 Å². The van der Waals surface area contributed by atoms with Gasteiger partial charge in [0.15, 0.2) is 0 Å². The highest BCUT2D eigenvalue weighted by molar-refractivity contribution is 7.71. The summed E-state index contributed by atoms with van der Waals surface area (Å²) in [4.78, 5) is 7.57. The molecule has 2 aromatic rings. The summed E-state index contributed by atoms with van der Waals surface area (Å²) in [7, 11) is 1.66. The number of ether oxygens (including phenoxy) is 1. The molecule has 1 fully saturated rings. The molecule has 1 aliphatic carbocycles. The van der Waals surface area contributed by atoms with Crippen LogP contribution < -0.4 is 0 Å². The molecule has 4 heteroatoms. The van der Waals surface area contributed by atoms with Crippen LogP contribution in [0.3, 0.4) is 0 Å². The maximum absolute atomic E-state index is 5.23. The molecule has 0 unspecified atom stereocenters. The van der Waals surface area contributed by atoms with Crippen LogP contribution in [0.1, 0.15) is 36.6 Å². The lowest BCUT2D eigenvalue weighted by Crippen LogP contribution is -2.08. The molecule has 1 aromatic carbocycles. The first-order valence-electron chi connectivity index (χ1n) is 6.96. The first kappa shape index (κ1) is 13.5. The fourth-order valence-electron chi connectivity index (χ4n) is 2.57. The Morgan fingerprint density at radius 1 is 1.35 bits per heavy atom. The zero-order valence-corrected chi connectivity index (χ0v) is 12.4. The van der Waals surface area contributed by atoms with E-state index in [2.05, 4.69) is 34.2 Å². The summed E-state index contributed by atoms with van der Waals surface area (Å²) in [5.74, 6) is 1.50. The molecule has 0 amide bonds. The predicted octanol–water partition coefficient (Wildman–Crippen LogP) is 4.22. The SMILES string of the molecule is COCc1nc(=S)cc(-c2cccc(C3CCC3)c2)[nH]1. The quantitative estimate of drug-likeness (QED) is 0.855. The fourth-order valence-corrected chi connectivity index (χ4v) is 2.80. The molecule has 104 valence electrons. The van der Waals surface area contributed by atoms with Crippen LogP contribution in [0.4, 0.5) is 0 Å². The lowest BCUT2D eigenvalue weighted by Gasteiger charge is -2.26. The minimum atomic E-state index is 0.444. The van der Waals surface area contributed by atoms with Crippen LogP contribution in [0, 0.1) is 4.64 Å². The van der Waals surface area contributed by atoms with Crippen LogP contribution in [0.25, 0.3) is 11.3 Å². The van der Waals surface area contributed by atoms with E-state index in [1.165, 1.54) is 30.4 Å². The van der Waals surface area contributed by atoms with Gasteiger partial charge in [0.1, 0.15) is 17.1 Å². The first-order valence-corrected chi connectivity index (χ1v) is 7.36. The van der Waals surface area contributed by atoms with Crippen LogP contribution in [-0.2, 0) is 11.3 Å². The topological polar surface area (TPSA) is 37.9 Å². The summed E-state index contributed by atoms with van der Waals surface area (Å²) in [5, 5.41) is 0. The first-order chi connectivity index (χ1) is 9.76. The number of aromatic amines is 1. The molecule has 0 radical (unpaired) electrons. The van der Waals surface area contributed by atoms with E-state index in [1.807, 2.05) is 6.07 Å². The van der Waals surface area contributed by atoms with Gasteiger partial charge in [-0.15, -0.1) is 0 Å². The normalized spacial score (nSPS) is 15.1. The standard InChI is InChI=1S/C16H18N2OS/c1-19-10-15-17-14(9-16(20)18-15)13-7-3-6-12(8-13)11-4-2-5-11/h3,6-9,11H,2,4-5,10H2,1H3,(H,17,18,20). The molecule has 1 N–H and O–H groups in total. The summed E-state index contributed by atoms with van der Waals surface area (Å²) in [6.07, 6.45) is 3.97. The van der Waals surface area contributed by atoms with E-state index in [4.69, 9.17) is 17.0 Å². The maximum Gasteiger partial charge on any atom is 0.134 e. The minimum Gasteiger partial charge on any atom is -0.377 e. The molecule has 3 rings (SSSR count). The minimum absolute atomic E-state index is 0.444. The van der Waals surface area contributed by atoms with Crippen molar-refractivity contribution in [2.45, 2.75) is 31.8 Å². The molecule has 1 saturated carbocycles. The third-order valence-electron chi connectivity index (χ3n) is 3.85. The Morgan fingerprint density at radius 3 is 2.90 bits per heavy atom. The van der Waals surface area contributed by atoms with E-state index in [9.17, 15) is 0 Å². The second kappa shape index (κ2) is 5.85. The van der Waals surface area contributed by atoms with Gasteiger partial charge in [0.25, 0.3) is 0 Å². The summed E-state index contributed by atoms with van der Waals surface area (Å²) >= 11 is 5.23. The van der Waals surface area contributed by atoms with Crippen molar-refractivity contribution in [1.29, 1.82) is 0 Å². The number of nitrogens with one attached hydrogen (secondary N) is 1. The average molecular weight is 286 g/mol. The van der Waals surface area contributed by atoms with Crippen LogP contribution in [0.2, 0.25) is 0 Å². The molecule has 0 bridgehead atoms. The van der Waals surface area contributed by atoms with E-state index in [0.29, 0.717) is 11.2 Å². The zero-order chi connectivity index (χ0) is 13.9. The third-order valence-corrected chi connectivity index (χ3v) is 4.06. The molecule has 1 aromatic heterocycles. The lowest BCUT2D eigenvalue weighted by atomic mass is 9.79. The summed E-state index contributed by atoms with van der Waals surface area (Å²) < 4.78 is 5.72. The van der Waals surface area contributed by atoms with Crippen molar-refractivity contribution >= 4 is 12.2 Å². The molecule has 1 heterocycles. The predicted molar refractivity (Wildman–Crippen MR) is 82.2 cm³/mol. The molecule has 0 spiro atoms. The van der Waals surface area contributed by atoms with Crippen LogP contribution in [0.5, 0.6) is 0 Å². The second-order valence-corrected chi connectivity index (χ2v) is 5.68. The van der Waals surface area contributed by atoms with Crippen molar-refractivity contribution < 1.29 is 4.74 Å². The monoisotopic (exact) mass is 286 g/mol. The fraction of sp³-hybridized carbons (Fsp3) is 0.375. The number of hydrogen-bond donors (Lipinski definition) is 1. The van der Waals surface area contributed by atoms with Gasteiger partial charge < -0.3 is 9.72 Å². The molecule has 0 atom stereocenters. The number of methoxy groups -OCH3 is 1. The highest BCUT2D eigenvalue weighted by atomic mass is 32.1. The van der Waals surface area contributed by atoms with Crippen molar-refractivity contribution in [3.8, 4) is 11.3 Å². The molecule has 0 aliphatic heterocycles. The molecule has 3 nitrogen and oxygen atoms in total. The Labute approximate surface area is 124 Å². The highest BCUT2D eigenvalue weighted by Crippen LogP contribution is 2.37. The number of benzene rings is 1. The molecule has 0 saturated heterocycles. The second-order valence-electron chi connectivity index (χ2n) is 5.27. The van der Waals surface area contributed by atoms with Gasteiger partial charge in [0.05, 0.1) is 0 Å². The Hall–Kier alpha value is -1.52. The zero-order valence-electron chi connectivity index (χ0n) is 11.6. The van der Waals surface area contributed by atoms with Crippen LogP contribution >= 0.6 is 12.2 Å². The maximum atomic E-state index is 5.23. The van der Waals surface area contributed by atoms with Crippen molar-refractivity contribution in [3.05, 3.63) is 46.4 Å². The Morgan fingerprint density at radius 2 is 2.20 bits per heavy atom. The Bertz CT molecular complexity index is 662. The largest absolute Gasteiger partial charge is 0.377 e. The molecular weight excluding hydrogens is 268 g/mol. The van der Waals surface area contributed by atoms with Gasteiger partial charge in [-0.05, 0) is 42.0 Å². The smallest absolute Gasteiger partial charge is 0.134 e.